The van der Waals surface area contributed by atoms with E-state index in [1.165, 1.54) is 18.4 Å². The van der Waals surface area contributed by atoms with Crippen LogP contribution < -0.4 is 5.32 Å². The van der Waals surface area contributed by atoms with E-state index in [4.69, 9.17) is 0 Å². The number of pyridine rings is 1. The number of nitrogens with one attached hydrogen (secondary N) is 1. The zero-order valence-corrected chi connectivity index (χ0v) is 17.6. The number of aromatic nitrogens is 1. The van der Waals surface area contributed by atoms with Crippen LogP contribution >= 0.6 is 0 Å². The summed E-state index contributed by atoms with van der Waals surface area (Å²) in [6, 6.07) is 4.82. The van der Waals surface area contributed by atoms with Crippen molar-refractivity contribution in [2.45, 2.75) is 70.5 Å². The highest BCUT2D eigenvalue weighted by Crippen LogP contribution is 2.42. The molecule has 2 aliphatic heterocycles. The average Bonchev–Trinajstić information content (AvgIpc) is 3.50. The Balaban J connectivity index is 1.25. The van der Waals surface area contributed by atoms with Gasteiger partial charge in [-0.3, -0.25) is 19.6 Å². The van der Waals surface area contributed by atoms with Crippen molar-refractivity contribution in [2.24, 2.45) is 11.8 Å². The number of carbonyl (C=O) groups is 1. The van der Waals surface area contributed by atoms with Crippen molar-refractivity contribution < 1.29 is 4.79 Å². The van der Waals surface area contributed by atoms with Gasteiger partial charge in [-0.25, -0.2) is 0 Å². The lowest BCUT2D eigenvalue weighted by Gasteiger charge is -2.42. The van der Waals surface area contributed by atoms with E-state index in [-0.39, 0.29) is 11.5 Å². The average molecular weight is 385 g/mol. The summed E-state index contributed by atoms with van der Waals surface area (Å²) in [4.78, 5) is 22.3. The molecule has 1 N–H and O–H groups in total. The first-order valence-corrected chi connectivity index (χ1v) is 11.2. The largest absolute Gasteiger partial charge is 0.350 e. The molecule has 0 unspecified atom stereocenters. The molecule has 28 heavy (non-hydrogen) atoms. The standard InChI is InChI=1S/C23H36N4O/c1-18(2)23(9-10-23)25-22(28)20-6-4-12-27(17-20)21-7-13-26(14-8-21)16-19-5-3-11-24-15-19/h3,5,11,15,18,20-21H,4,6-10,12-14,16-17H2,1-2H3,(H,25,28)/t20-/m1/s1. The van der Waals surface area contributed by atoms with E-state index in [9.17, 15) is 4.79 Å². The van der Waals surface area contributed by atoms with Gasteiger partial charge in [0, 0.05) is 37.1 Å². The lowest BCUT2D eigenvalue weighted by atomic mass is 9.92. The molecule has 2 saturated heterocycles. The lowest BCUT2D eigenvalue weighted by molar-refractivity contribution is -0.128. The van der Waals surface area contributed by atoms with Crippen LogP contribution in [0.2, 0.25) is 0 Å². The number of piperidine rings is 2. The maximum absolute atomic E-state index is 12.9. The summed E-state index contributed by atoms with van der Waals surface area (Å²) in [5.41, 5.74) is 1.41. The molecule has 154 valence electrons. The van der Waals surface area contributed by atoms with E-state index in [0.29, 0.717) is 17.9 Å². The Hall–Kier alpha value is -1.46. The molecule has 3 aliphatic rings. The van der Waals surface area contributed by atoms with Gasteiger partial charge in [0.1, 0.15) is 0 Å². The fourth-order valence-electron chi connectivity index (χ4n) is 5.07. The number of rotatable bonds is 6. The molecule has 1 aromatic heterocycles. The molecule has 0 aromatic carbocycles. The SMILES string of the molecule is CC(C)C1(NC(=O)[C@@H]2CCCN(C3CCN(Cc4cccnc4)CC3)C2)CC1. The molecule has 3 fully saturated rings. The second kappa shape index (κ2) is 8.50. The summed E-state index contributed by atoms with van der Waals surface area (Å²) in [7, 11) is 0. The van der Waals surface area contributed by atoms with Crippen molar-refractivity contribution in [2.75, 3.05) is 26.2 Å². The summed E-state index contributed by atoms with van der Waals surface area (Å²) in [6.07, 6.45) is 10.8. The molecular formula is C23H36N4O. The molecule has 0 radical (unpaired) electrons. The summed E-state index contributed by atoms with van der Waals surface area (Å²) in [5, 5.41) is 3.41. The van der Waals surface area contributed by atoms with Gasteiger partial charge >= 0.3 is 0 Å². The second-order valence-electron chi connectivity index (χ2n) is 9.50. The first kappa shape index (κ1) is 19.8. The molecule has 1 saturated carbocycles. The van der Waals surface area contributed by atoms with Crippen LogP contribution in [0.4, 0.5) is 0 Å². The van der Waals surface area contributed by atoms with Crippen molar-refractivity contribution >= 4 is 5.91 Å². The predicted molar refractivity (Wildman–Crippen MR) is 112 cm³/mol. The fourth-order valence-corrected chi connectivity index (χ4v) is 5.07. The summed E-state index contributed by atoms with van der Waals surface area (Å²) in [5.74, 6) is 1.03. The minimum Gasteiger partial charge on any atom is -0.350 e. The van der Waals surface area contributed by atoms with Gasteiger partial charge in [0.2, 0.25) is 5.91 Å². The number of nitrogens with zero attached hydrogens (tertiary/aromatic N) is 3. The monoisotopic (exact) mass is 384 g/mol. The Morgan fingerprint density at radius 2 is 2.04 bits per heavy atom. The van der Waals surface area contributed by atoms with E-state index < -0.39 is 0 Å². The zero-order chi connectivity index (χ0) is 19.6. The summed E-state index contributed by atoms with van der Waals surface area (Å²) >= 11 is 0. The second-order valence-corrected chi connectivity index (χ2v) is 9.50. The molecule has 0 spiro atoms. The van der Waals surface area contributed by atoms with Crippen molar-refractivity contribution in [1.29, 1.82) is 0 Å². The highest BCUT2D eigenvalue weighted by atomic mass is 16.2. The molecule has 1 amide bonds. The lowest BCUT2D eigenvalue weighted by Crippen LogP contribution is -2.52. The number of carbonyl (C=O) groups excluding carboxylic acids is 1. The van der Waals surface area contributed by atoms with Crippen molar-refractivity contribution in [3.05, 3.63) is 30.1 Å². The molecule has 5 nitrogen and oxygen atoms in total. The molecule has 5 heteroatoms. The zero-order valence-electron chi connectivity index (χ0n) is 17.6. The van der Waals surface area contributed by atoms with Crippen LogP contribution in [0.15, 0.2) is 24.5 Å². The van der Waals surface area contributed by atoms with E-state index in [1.807, 2.05) is 18.5 Å². The fraction of sp³-hybridized carbons (Fsp3) is 0.739. The maximum Gasteiger partial charge on any atom is 0.224 e. The van der Waals surface area contributed by atoms with Crippen LogP contribution in [0.1, 0.15) is 57.9 Å². The van der Waals surface area contributed by atoms with Gasteiger partial charge in [-0.15, -0.1) is 0 Å². The maximum atomic E-state index is 12.9. The van der Waals surface area contributed by atoms with Crippen molar-refractivity contribution in [1.82, 2.24) is 20.1 Å². The van der Waals surface area contributed by atoms with Gasteiger partial charge in [-0.2, -0.15) is 0 Å². The van der Waals surface area contributed by atoms with E-state index >= 15 is 0 Å². The molecule has 1 aliphatic carbocycles. The van der Waals surface area contributed by atoms with Gasteiger partial charge in [-0.05, 0) is 75.7 Å². The normalized spacial score (nSPS) is 26.3. The van der Waals surface area contributed by atoms with Crippen molar-refractivity contribution in [3.63, 3.8) is 0 Å². The van der Waals surface area contributed by atoms with Gasteiger partial charge in [0.05, 0.1) is 5.92 Å². The van der Waals surface area contributed by atoms with E-state index in [2.05, 4.69) is 40.0 Å². The first-order valence-electron chi connectivity index (χ1n) is 11.2. The Morgan fingerprint density at radius 1 is 1.25 bits per heavy atom. The number of amides is 1. The third-order valence-electron chi connectivity index (χ3n) is 7.29. The van der Waals surface area contributed by atoms with Crippen LogP contribution in [0.25, 0.3) is 0 Å². The highest BCUT2D eigenvalue weighted by Gasteiger charge is 2.47. The Morgan fingerprint density at radius 3 is 2.68 bits per heavy atom. The van der Waals surface area contributed by atoms with E-state index in [0.717, 1.165) is 58.4 Å². The van der Waals surface area contributed by atoms with Crippen LogP contribution in [0, 0.1) is 11.8 Å². The smallest absolute Gasteiger partial charge is 0.224 e. The van der Waals surface area contributed by atoms with Crippen LogP contribution in [-0.2, 0) is 11.3 Å². The van der Waals surface area contributed by atoms with Gasteiger partial charge in [0.25, 0.3) is 0 Å². The Labute approximate surface area is 169 Å². The molecule has 3 heterocycles. The predicted octanol–water partition coefficient (Wildman–Crippen LogP) is 3.06. The van der Waals surface area contributed by atoms with Gasteiger partial charge in [-0.1, -0.05) is 19.9 Å². The van der Waals surface area contributed by atoms with Gasteiger partial charge < -0.3 is 5.32 Å². The van der Waals surface area contributed by atoms with E-state index in [1.54, 1.807) is 0 Å². The van der Waals surface area contributed by atoms with Crippen LogP contribution in [0.3, 0.4) is 0 Å². The van der Waals surface area contributed by atoms with Crippen molar-refractivity contribution in [3.8, 4) is 0 Å². The number of hydrogen-bond acceptors (Lipinski definition) is 4. The topological polar surface area (TPSA) is 48.5 Å². The summed E-state index contributed by atoms with van der Waals surface area (Å²) < 4.78 is 0. The quantitative estimate of drug-likeness (QED) is 0.819. The minimum absolute atomic E-state index is 0.108. The highest BCUT2D eigenvalue weighted by molar-refractivity contribution is 5.80. The molecule has 0 bridgehead atoms. The summed E-state index contributed by atoms with van der Waals surface area (Å²) in [6.45, 7) is 9.87. The van der Waals surface area contributed by atoms with Gasteiger partial charge in [0.15, 0.2) is 0 Å². The van der Waals surface area contributed by atoms with Crippen LogP contribution in [0.5, 0.6) is 0 Å². The molecular weight excluding hydrogens is 348 g/mol. The van der Waals surface area contributed by atoms with Crippen LogP contribution in [-0.4, -0.2) is 58.5 Å². The molecule has 1 atom stereocenters. The minimum atomic E-state index is 0.108. The molecule has 1 aromatic rings. The third kappa shape index (κ3) is 4.57. The Bertz CT molecular complexity index is 650. The Kier molecular flexibility index (Phi) is 6.02. The number of likely N-dealkylation sites (tertiary alicyclic amines) is 2. The number of hydrogen-bond donors (Lipinski definition) is 1. The molecule has 4 rings (SSSR count). The third-order valence-corrected chi connectivity index (χ3v) is 7.29. The first-order chi connectivity index (χ1) is 13.6.